The molecule has 112 valence electrons. The van der Waals surface area contributed by atoms with E-state index in [2.05, 4.69) is 24.8 Å². The lowest BCUT2D eigenvalue weighted by Crippen LogP contribution is -2.43. The van der Waals surface area contributed by atoms with Gasteiger partial charge in [-0.25, -0.2) is 15.0 Å². The van der Waals surface area contributed by atoms with Gasteiger partial charge in [0, 0.05) is 26.6 Å². The van der Waals surface area contributed by atoms with Crippen LogP contribution in [-0.4, -0.2) is 58.9 Å². The monoisotopic (exact) mass is 288 g/mol. The van der Waals surface area contributed by atoms with Crippen LogP contribution in [0.3, 0.4) is 0 Å². The van der Waals surface area contributed by atoms with E-state index >= 15 is 0 Å². The molecule has 0 amide bonds. The third-order valence-electron chi connectivity index (χ3n) is 4.38. The Hall–Kier alpha value is -1.73. The molecular weight excluding hydrogens is 268 g/mol. The van der Waals surface area contributed by atoms with Crippen LogP contribution in [-0.2, 0) is 18.2 Å². The zero-order valence-electron chi connectivity index (χ0n) is 12.2. The summed E-state index contributed by atoms with van der Waals surface area (Å²) in [6, 6.07) is 0. The number of fused-ring (bicyclic) bond motifs is 1. The highest BCUT2D eigenvalue weighted by molar-refractivity contribution is 5.83. The maximum atomic E-state index is 5.42. The van der Waals surface area contributed by atoms with Crippen LogP contribution in [0.2, 0.25) is 0 Å². The van der Waals surface area contributed by atoms with Crippen LogP contribution in [0.25, 0.3) is 11.2 Å². The predicted molar refractivity (Wildman–Crippen MR) is 79.4 cm³/mol. The minimum Gasteiger partial charge on any atom is -0.378 e. The fourth-order valence-electron chi connectivity index (χ4n) is 2.97. The number of aryl methyl sites for hydroxylation is 1. The molecule has 1 N–H and O–H groups in total. The quantitative estimate of drug-likeness (QED) is 0.855. The van der Waals surface area contributed by atoms with Gasteiger partial charge in [-0.3, -0.25) is 0 Å². The van der Waals surface area contributed by atoms with E-state index in [4.69, 9.17) is 9.72 Å². The van der Waals surface area contributed by atoms with Crippen molar-refractivity contribution in [2.24, 2.45) is 13.0 Å². The first-order valence-corrected chi connectivity index (χ1v) is 7.52. The van der Waals surface area contributed by atoms with Crippen molar-refractivity contribution in [2.75, 3.05) is 44.3 Å². The Morgan fingerprint density at radius 3 is 2.81 bits per heavy atom. The lowest BCUT2D eigenvalue weighted by Gasteiger charge is -2.27. The number of hydrogen-bond donors (Lipinski definition) is 1. The van der Waals surface area contributed by atoms with Crippen molar-refractivity contribution in [3.8, 4) is 0 Å². The van der Waals surface area contributed by atoms with Crippen molar-refractivity contribution in [3.05, 3.63) is 12.2 Å². The highest BCUT2D eigenvalue weighted by atomic mass is 16.5. The second kappa shape index (κ2) is 5.23. The summed E-state index contributed by atoms with van der Waals surface area (Å²) in [6.45, 7) is 5.41. The third kappa shape index (κ3) is 2.26. The molecule has 0 bridgehead atoms. The smallest absolute Gasteiger partial charge is 0.165 e. The molecule has 2 aliphatic rings. The van der Waals surface area contributed by atoms with E-state index in [1.165, 1.54) is 0 Å². The van der Waals surface area contributed by atoms with Gasteiger partial charge in [0.25, 0.3) is 0 Å². The highest BCUT2D eigenvalue weighted by Crippen LogP contribution is 2.24. The Kier molecular flexibility index (Phi) is 3.23. The van der Waals surface area contributed by atoms with E-state index in [1.54, 1.807) is 6.33 Å². The first-order chi connectivity index (χ1) is 10.3. The van der Waals surface area contributed by atoms with Gasteiger partial charge in [0.1, 0.15) is 12.2 Å². The number of hydrogen-bond acceptors (Lipinski definition) is 6. The molecule has 7 nitrogen and oxygen atoms in total. The number of nitrogens with zero attached hydrogens (tertiary/aromatic N) is 5. The van der Waals surface area contributed by atoms with E-state index < -0.39 is 0 Å². The van der Waals surface area contributed by atoms with E-state index in [1.807, 2.05) is 7.05 Å². The highest BCUT2D eigenvalue weighted by Gasteiger charge is 2.23. The maximum Gasteiger partial charge on any atom is 0.165 e. The largest absolute Gasteiger partial charge is 0.378 e. The topological polar surface area (TPSA) is 68.1 Å². The summed E-state index contributed by atoms with van der Waals surface area (Å²) in [5.41, 5.74) is 1.85. The predicted octanol–water partition coefficient (Wildman–Crippen LogP) is -0.0382. The Bertz CT molecular complexity index is 644. The molecule has 0 radical (unpaired) electrons. The Labute approximate surface area is 123 Å². The molecule has 0 spiro atoms. The van der Waals surface area contributed by atoms with E-state index in [0.717, 1.165) is 68.6 Å². The molecule has 2 aliphatic heterocycles. The van der Waals surface area contributed by atoms with E-state index in [-0.39, 0.29) is 0 Å². The molecule has 0 aromatic carbocycles. The van der Waals surface area contributed by atoms with E-state index in [0.29, 0.717) is 5.92 Å². The minimum absolute atomic E-state index is 0.695. The third-order valence-corrected chi connectivity index (χ3v) is 4.38. The van der Waals surface area contributed by atoms with Crippen molar-refractivity contribution in [2.45, 2.75) is 6.42 Å². The molecule has 0 aliphatic carbocycles. The Morgan fingerprint density at radius 2 is 2.10 bits per heavy atom. The van der Waals surface area contributed by atoms with Gasteiger partial charge in [-0.1, -0.05) is 0 Å². The van der Waals surface area contributed by atoms with Gasteiger partial charge >= 0.3 is 0 Å². The van der Waals surface area contributed by atoms with Gasteiger partial charge in [-0.05, 0) is 19.0 Å². The van der Waals surface area contributed by atoms with Gasteiger partial charge in [0.05, 0.1) is 13.2 Å². The van der Waals surface area contributed by atoms with E-state index in [9.17, 15) is 0 Å². The summed E-state index contributed by atoms with van der Waals surface area (Å²) >= 11 is 0. The zero-order valence-corrected chi connectivity index (χ0v) is 12.2. The van der Waals surface area contributed by atoms with Crippen molar-refractivity contribution < 1.29 is 4.74 Å². The molecule has 0 unspecified atom stereocenters. The van der Waals surface area contributed by atoms with Gasteiger partial charge in [0.2, 0.25) is 0 Å². The number of aromatic nitrogens is 4. The van der Waals surface area contributed by atoms with Crippen LogP contribution in [0, 0.1) is 5.92 Å². The number of morpholine rings is 1. The van der Waals surface area contributed by atoms with Crippen molar-refractivity contribution in [3.63, 3.8) is 0 Å². The summed E-state index contributed by atoms with van der Waals surface area (Å²) in [6.07, 6.45) is 2.64. The second-order valence-electron chi connectivity index (χ2n) is 5.78. The molecule has 4 rings (SSSR count). The van der Waals surface area contributed by atoms with Crippen LogP contribution >= 0.6 is 0 Å². The molecule has 21 heavy (non-hydrogen) atoms. The van der Waals surface area contributed by atoms with Gasteiger partial charge in [-0.15, -0.1) is 0 Å². The summed E-state index contributed by atoms with van der Waals surface area (Å²) in [5.74, 6) is 2.74. The maximum absolute atomic E-state index is 5.42. The lowest BCUT2D eigenvalue weighted by molar-refractivity contribution is 0.122. The Balaban J connectivity index is 1.72. The Morgan fingerprint density at radius 1 is 1.29 bits per heavy atom. The number of nitrogens with one attached hydrogen (secondary N) is 1. The molecule has 2 saturated heterocycles. The molecule has 2 aromatic heterocycles. The number of anilines is 1. The summed E-state index contributed by atoms with van der Waals surface area (Å²) in [7, 11) is 2.05. The van der Waals surface area contributed by atoms with Crippen LogP contribution in [0.1, 0.15) is 5.82 Å². The second-order valence-corrected chi connectivity index (χ2v) is 5.78. The molecule has 2 aromatic rings. The number of rotatable bonds is 3. The van der Waals surface area contributed by atoms with Crippen LogP contribution in [0.4, 0.5) is 5.82 Å². The van der Waals surface area contributed by atoms with Crippen molar-refractivity contribution >= 4 is 17.0 Å². The lowest BCUT2D eigenvalue weighted by atomic mass is 9.99. The zero-order chi connectivity index (χ0) is 14.2. The SMILES string of the molecule is Cn1c(CC2CNC2)nc2c(N3CCOCC3)ncnc21. The summed E-state index contributed by atoms with van der Waals surface area (Å²) < 4.78 is 7.53. The molecule has 7 heteroatoms. The van der Waals surface area contributed by atoms with Crippen LogP contribution < -0.4 is 10.2 Å². The first-order valence-electron chi connectivity index (χ1n) is 7.52. The summed E-state index contributed by atoms with van der Waals surface area (Å²) in [4.78, 5) is 16.0. The molecule has 0 saturated carbocycles. The van der Waals surface area contributed by atoms with Crippen LogP contribution in [0.5, 0.6) is 0 Å². The number of imidazole rings is 1. The fraction of sp³-hybridized carbons (Fsp3) is 0.643. The number of ether oxygens (including phenoxy) is 1. The molecular formula is C14H20N6O. The van der Waals surface area contributed by atoms with Gasteiger partial charge in [0.15, 0.2) is 17.0 Å². The summed E-state index contributed by atoms with van der Waals surface area (Å²) in [5, 5.41) is 3.31. The average molecular weight is 288 g/mol. The average Bonchev–Trinajstić information content (AvgIpc) is 2.81. The standard InChI is InChI=1S/C14H20N6O/c1-19-11(6-10-7-15-8-10)18-12-13(19)16-9-17-14(12)20-2-4-21-5-3-20/h9-10,15H,2-8H2,1H3. The molecule has 4 heterocycles. The van der Waals surface area contributed by atoms with Crippen molar-refractivity contribution in [1.29, 1.82) is 0 Å². The first kappa shape index (κ1) is 13.0. The van der Waals surface area contributed by atoms with Gasteiger partial charge < -0.3 is 19.5 Å². The molecule has 2 fully saturated rings. The minimum atomic E-state index is 0.695. The van der Waals surface area contributed by atoms with Crippen molar-refractivity contribution in [1.82, 2.24) is 24.8 Å². The molecule has 0 atom stereocenters. The van der Waals surface area contributed by atoms with Gasteiger partial charge in [-0.2, -0.15) is 0 Å². The fourth-order valence-corrected chi connectivity index (χ4v) is 2.97. The van der Waals surface area contributed by atoms with Crippen LogP contribution in [0.15, 0.2) is 6.33 Å². The normalized spacial score (nSPS) is 20.0.